The molecule has 0 aromatic heterocycles. The first kappa shape index (κ1) is 17.6. The summed E-state index contributed by atoms with van der Waals surface area (Å²) in [5, 5.41) is 2.58. The monoisotopic (exact) mass is 309 g/mol. The number of ether oxygens (including phenoxy) is 3. The van der Waals surface area contributed by atoms with Gasteiger partial charge in [0, 0.05) is 12.3 Å². The molecule has 7 nitrogen and oxygen atoms in total. The molecule has 1 aromatic carbocycles. The first-order valence-corrected chi connectivity index (χ1v) is 6.70. The molecule has 22 heavy (non-hydrogen) atoms. The molecule has 0 aliphatic rings. The Bertz CT molecular complexity index is 555. The molecule has 0 spiro atoms. The van der Waals surface area contributed by atoms with Crippen molar-refractivity contribution in [3.63, 3.8) is 0 Å². The van der Waals surface area contributed by atoms with E-state index in [9.17, 15) is 14.4 Å². The minimum absolute atomic E-state index is 0.194. The van der Waals surface area contributed by atoms with Crippen molar-refractivity contribution < 1.29 is 28.6 Å². The number of anilines is 1. The van der Waals surface area contributed by atoms with Crippen LogP contribution in [0.25, 0.3) is 0 Å². The van der Waals surface area contributed by atoms with Crippen LogP contribution in [0.15, 0.2) is 18.2 Å². The van der Waals surface area contributed by atoms with Gasteiger partial charge in [0.2, 0.25) is 0 Å². The Labute approximate surface area is 128 Å². The molecule has 7 heteroatoms. The second kappa shape index (κ2) is 8.78. The highest BCUT2D eigenvalue weighted by Gasteiger charge is 2.12. The Hall–Kier alpha value is -2.41. The van der Waals surface area contributed by atoms with Crippen molar-refractivity contribution in [1.29, 1.82) is 0 Å². The SMILES string of the molecule is CCOCC(=O)OCC(=O)Nc1cc(C(=O)OC)ccc1C. The van der Waals surface area contributed by atoms with E-state index in [0.29, 0.717) is 17.9 Å². The van der Waals surface area contributed by atoms with Gasteiger partial charge in [-0.05, 0) is 31.5 Å². The van der Waals surface area contributed by atoms with Crippen molar-refractivity contribution in [2.75, 3.05) is 32.2 Å². The number of esters is 2. The molecule has 120 valence electrons. The fraction of sp³-hybridized carbons (Fsp3) is 0.400. The second-order valence-electron chi connectivity index (χ2n) is 4.37. The van der Waals surface area contributed by atoms with Gasteiger partial charge in [0.05, 0.1) is 12.7 Å². The standard InChI is InChI=1S/C15H19NO6/c1-4-21-9-14(18)22-8-13(17)16-12-7-11(15(19)20-3)6-5-10(12)2/h5-7H,4,8-9H2,1-3H3,(H,16,17). The lowest BCUT2D eigenvalue weighted by Gasteiger charge is -2.10. The Kier molecular flexibility index (Phi) is 7.04. The smallest absolute Gasteiger partial charge is 0.337 e. The third-order valence-electron chi connectivity index (χ3n) is 2.72. The maximum absolute atomic E-state index is 11.7. The summed E-state index contributed by atoms with van der Waals surface area (Å²) in [5.41, 5.74) is 1.53. The maximum Gasteiger partial charge on any atom is 0.337 e. The number of hydrogen-bond acceptors (Lipinski definition) is 6. The Morgan fingerprint density at radius 2 is 1.91 bits per heavy atom. The van der Waals surface area contributed by atoms with Crippen molar-refractivity contribution >= 4 is 23.5 Å². The lowest BCUT2D eigenvalue weighted by molar-refractivity contribution is -0.151. The van der Waals surface area contributed by atoms with Crippen LogP contribution in [0.1, 0.15) is 22.8 Å². The van der Waals surface area contributed by atoms with E-state index in [0.717, 1.165) is 5.56 Å². The molecule has 1 aromatic rings. The van der Waals surface area contributed by atoms with Crippen molar-refractivity contribution in [2.24, 2.45) is 0 Å². The fourth-order valence-electron chi connectivity index (χ4n) is 1.56. The van der Waals surface area contributed by atoms with E-state index in [1.807, 2.05) is 0 Å². The maximum atomic E-state index is 11.7. The summed E-state index contributed by atoms with van der Waals surface area (Å²) in [7, 11) is 1.28. The number of benzene rings is 1. The number of hydrogen-bond donors (Lipinski definition) is 1. The average Bonchev–Trinajstić information content (AvgIpc) is 2.52. The van der Waals surface area contributed by atoms with Gasteiger partial charge in [0.15, 0.2) is 6.61 Å². The van der Waals surface area contributed by atoms with Crippen LogP contribution < -0.4 is 5.32 Å². The molecule has 0 radical (unpaired) electrons. The number of carbonyl (C=O) groups excluding carboxylic acids is 3. The summed E-state index contributed by atoms with van der Waals surface area (Å²) in [4.78, 5) is 34.4. The zero-order chi connectivity index (χ0) is 16.5. The van der Waals surface area contributed by atoms with Gasteiger partial charge in [-0.3, -0.25) is 4.79 Å². The van der Waals surface area contributed by atoms with Crippen molar-refractivity contribution in [1.82, 2.24) is 0 Å². The number of aryl methyl sites for hydroxylation is 1. The molecular formula is C15H19NO6. The van der Waals surface area contributed by atoms with Gasteiger partial charge in [-0.25, -0.2) is 9.59 Å². The van der Waals surface area contributed by atoms with Crippen molar-refractivity contribution in [3.8, 4) is 0 Å². The van der Waals surface area contributed by atoms with Gasteiger partial charge >= 0.3 is 11.9 Å². The van der Waals surface area contributed by atoms with E-state index in [-0.39, 0.29) is 6.61 Å². The molecule has 0 unspecified atom stereocenters. The zero-order valence-electron chi connectivity index (χ0n) is 12.8. The van der Waals surface area contributed by atoms with Crippen LogP contribution in [0, 0.1) is 6.92 Å². The molecular weight excluding hydrogens is 290 g/mol. The summed E-state index contributed by atoms with van der Waals surface area (Å²) < 4.78 is 14.2. The number of nitrogens with one attached hydrogen (secondary N) is 1. The van der Waals surface area contributed by atoms with Gasteiger partial charge in [0.25, 0.3) is 5.91 Å². The van der Waals surface area contributed by atoms with Crippen LogP contribution in [-0.4, -0.2) is 44.8 Å². The molecule has 1 rings (SSSR count). The molecule has 0 fully saturated rings. The number of carbonyl (C=O) groups is 3. The molecule has 0 saturated carbocycles. The molecule has 0 heterocycles. The summed E-state index contributed by atoms with van der Waals surface area (Å²) in [6.45, 7) is 3.30. The van der Waals surface area contributed by atoms with Gasteiger partial charge < -0.3 is 19.5 Å². The third-order valence-corrected chi connectivity index (χ3v) is 2.72. The van der Waals surface area contributed by atoms with Gasteiger partial charge in [-0.15, -0.1) is 0 Å². The summed E-state index contributed by atoms with van der Waals surface area (Å²) >= 11 is 0. The van der Waals surface area contributed by atoms with E-state index >= 15 is 0 Å². The molecule has 0 atom stereocenters. The number of methoxy groups -OCH3 is 1. The highest BCUT2D eigenvalue weighted by atomic mass is 16.6. The Balaban J connectivity index is 2.60. The third kappa shape index (κ3) is 5.53. The fourth-order valence-corrected chi connectivity index (χ4v) is 1.56. The summed E-state index contributed by atoms with van der Waals surface area (Å²) in [6.07, 6.45) is 0. The minimum atomic E-state index is -0.614. The predicted octanol–water partition coefficient (Wildman–Crippen LogP) is 1.30. The van der Waals surface area contributed by atoms with E-state index in [2.05, 4.69) is 10.1 Å². The first-order chi connectivity index (χ1) is 10.5. The average molecular weight is 309 g/mol. The van der Waals surface area contributed by atoms with Crippen LogP contribution in [0.3, 0.4) is 0 Å². The van der Waals surface area contributed by atoms with Gasteiger partial charge in [-0.2, -0.15) is 0 Å². The van der Waals surface area contributed by atoms with Crippen LogP contribution >= 0.6 is 0 Å². The normalized spacial score (nSPS) is 9.95. The Morgan fingerprint density at radius 3 is 2.55 bits per heavy atom. The van der Waals surface area contributed by atoms with Crippen molar-refractivity contribution in [2.45, 2.75) is 13.8 Å². The Morgan fingerprint density at radius 1 is 1.18 bits per heavy atom. The lowest BCUT2D eigenvalue weighted by atomic mass is 10.1. The van der Waals surface area contributed by atoms with Crippen LogP contribution in [0.5, 0.6) is 0 Å². The quantitative estimate of drug-likeness (QED) is 0.763. The van der Waals surface area contributed by atoms with Crippen LogP contribution in [0.4, 0.5) is 5.69 Å². The zero-order valence-corrected chi connectivity index (χ0v) is 12.8. The molecule has 0 aliphatic carbocycles. The first-order valence-electron chi connectivity index (χ1n) is 6.70. The molecule has 1 N–H and O–H groups in total. The highest BCUT2D eigenvalue weighted by Crippen LogP contribution is 2.17. The summed E-state index contributed by atoms with van der Waals surface area (Å²) in [5.74, 6) is -1.62. The molecule has 0 saturated heterocycles. The number of rotatable bonds is 7. The van der Waals surface area contributed by atoms with E-state index in [4.69, 9.17) is 9.47 Å². The lowest BCUT2D eigenvalue weighted by Crippen LogP contribution is -2.23. The van der Waals surface area contributed by atoms with Crippen LogP contribution in [-0.2, 0) is 23.8 Å². The topological polar surface area (TPSA) is 90.9 Å². The van der Waals surface area contributed by atoms with E-state index in [1.165, 1.54) is 13.2 Å². The molecule has 0 bridgehead atoms. The van der Waals surface area contributed by atoms with Crippen LogP contribution in [0.2, 0.25) is 0 Å². The van der Waals surface area contributed by atoms with E-state index in [1.54, 1.807) is 26.0 Å². The number of amides is 1. The highest BCUT2D eigenvalue weighted by molar-refractivity contribution is 5.96. The van der Waals surface area contributed by atoms with Gasteiger partial charge in [0.1, 0.15) is 6.61 Å². The second-order valence-corrected chi connectivity index (χ2v) is 4.37. The van der Waals surface area contributed by atoms with E-state index < -0.39 is 24.5 Å². The van der Waals surface area contributed by atoms with Gasteiger partial charge in [-0.1, -0.05) is 6.07 Å². The molecule has 1 amide bonds. The van der Waals surface area contributed by atoms with Crippen molar-refractivity contribution in [3.05, 3.63) is 29.3 Å². The minimum Gasteiger partial charge on any atom is -0.465 e. The largest absolute Gasteiger partial charge is 0.465 e. The predicted molar refractivity (Wildman–Crippen MR) is 78.6 cm³/mol. The molecule has 0 aliphatic heterocycles. The summed E-state index contributed by atoms with van der Waals surface area (Å²) in [6, 6.07) is 4.78.